The first-order valence-electron chi connectivity index (χ1n) is 8.26. The Morgan fingerprint density at radius 3 is 1.14 bits per heavy atom. The Balaban J connectivity index is 2.56. The van der Waals surface area contributed by atoms with Crippen LogP contribution in [0.5, 0.6) is 0 Å². The minimum absolute atomic E-state index is 0.648. The van der Waals surface area contributed by atoms with E-state index in [2.05, 4.69) is 83.2 Å². The van der Waals surface area contributed by atoms with Crippen LogP contribution in [0.4, 0.5) is 0 Å². The second-order valence-corrected chi connectivity index (χ2v) is 17.6. The molecule has 0 aromatic rings. The van der Waals surface area contributed by atoms with Crippen LogP contribution in [0.3, 0.4) is 0 Å². The van der Waals surface area contributed by atoms with Crippen molar-refractivity contribution in [2.45, 2.75) is 36.3 Å². The molecule has 0 aliphatic heterocycles. The molecule has 0 aromatic heterocycles. The van der Waals surface area contributed by atoms with Crippen LogP contribution in [0.25, 0.3) is 0 Å². The maximum atomic E-state index is 2.86. The monoisotopic (exact) mass is 458 g/mol. The number of nitrogens with zero attached hydrogens (tertiary/aromatic N) is 2. The molecule has 2 aliphatic carbocycles. The summed E-state index contributed by atoms with van der Waals surface area (Å²) in [4.78, 5) is 0. The molecule has 0 amide bonds. The van der Waals surface area contributed by atoms with E-state index in [-0.39, 0.29) is 0 Å². The molecule has 0 unspecified atom stereocenters. The Hall–Kier alpha value is -0.432. The van der Waals surface area contributed by atoms with Crippen molar-refractivity contribution < 1.29 is 16.6 Å². The average molecular weight is 458 g/mol. The van der Waals surface area contributed by atoms with Crippen LogP contribution >= 0.6 is 0 Å². The normalized spacial score (nSPS) is 19.7. The summed E-state index contributed by atoms with van der Waals surface area (Å²) < 4.78 is 7.01. The standard InChI is InChI=1S/2C5H5.2C4H10N.W/c2*1-2-4-5-3-1;2*1-3-5-4-2;/h2*1-5H;2*3-4H2,1-2H3;/q;;2*-1;+2. The molecule has 0 spiro atoms. The molecule has 0 N–H and O–H groups in total. The Kier molecular flexibility index (Phi) is 6.22. The Morgan fingerprint density at radius 2 is 0.905 bits per heavy atom. The third-order valence-electron chi connectivity index (χ3n) is 4.46. The van der Waals surface area contributed by atoms with Gasteiger partial charge < -0.3 is 0 Å². The van der Waals surface area contributed by atoms with E-state index < -0.39 is 16.6 Å². The third-order valence-corrected chi connectivity index (χ3v) is 22.1. The maximum absolute atomic E-state index is 2.86. The summed E-state index contributed by atoms with van der Waals surface area (Å²) in [5, 5.41) is 0. The molecule has 0 atom stereocenters. The van der Waals surface area contributed by atoms with Crippen molar-refractivity contribution in [2.75, 3.05) is 26.2 Å². The van der Waals surface area contributed by atoms with Crippen LogP contribution in [0.1, 0.15) is 27.7 Å². The van der Waals surface area contributed by atoms with Crippen LogP contribution in [0, 0.1) is 0 Å². The number of hydrogen-bond donors (Lipinski definition) is 0. The predicted octanol–water partition coefficient (Wildman–Crippen LogP) is 4.48. The fourth-order valence-electron chi connectivity index (χ4n) is 3.59. The van der Waals surface area contributed by atoms with Crippen molar-refractivity contribution in [3.05, 3.63) is 48.6 Å². The van der Waals surface area contributed by atoms with E-state index >= 15 is 0 Å². The van der Waals surface area contributed by atoms with E-state index in [1.165, 1.54) is 26.2 Å². The number of rotatable bonds is 8. The van der Waals surface area contributed by atoms with Crippen LogP contribution in [-0.4, -0.2) is 33.1 Å². The van der Waals surface area contributed by atoms with Crippen molar-refractivity contribution in [2.24, 2.45) is 0 Å². The average Bonchev–Trinajstić information content (AvgIpc) is 3.21. The van der Waals surface area contributed by atoms with Gasteiger partial charge in [0.05, 0.1) is 0 Å². The molecule has 2 rings (SSSR count). The molecule has 2 aliphatic rings. The van der Waals surface area contributed by atoms with Gasteiger partial charge in [0.2, 0.25) is 0 Å². The van der Waals surface area contributed by atoms with Crippen molar-refractivity contribution in [3.63, 3.8) is 0 Å². The predicted molar refractivity (Wildman–Crippen MR) is 89.9 cm³/mol. The first-order chi connectivity index (χ1) is 10.2. The van der Waals surface area contributed by atoms with Gasteiger partial charge in [-0.3, -0.25) is 0 Å². The van der Waals surface area contributed by atoms with E-state index in [1.807, 2.05) is 0 Å². The summed E-state index contributed by atoms with van der Waals surface area (Å²) in [6.45, 7) is 14.0. The molecule has 2 nitrogen and oxygen atoms in total. The van der Waals surface area contributed by atoms with Gasteiger partial charge in [-0.15, -0.1) is 0 Å². The first-order valence-corrected chi connectivity index (χ1v) is 14.3. The van der Waals surface area contributed by atoms with Crippen molar-refractivity contribution in [1.29, 1.82) is 0 Å². The molecular weight excluding hydrogens is 428 g/mol. The van der Waals surface area contributed by atoms with Gasteiger partial charge in [-0.05, 0) is 0 Å². The van der Waals surface area contributed by atoms with Gasteiger partial charge in [-0.1, -0.05) is 0 Å². The van der Waals surface area contributed by atoms with E-state index in [1.54, 1.807) is 0 Å². The minimum atomic E-state index is -2.81. The van der Waals surface area contributed by atoms with Crippen molar-refractivity contribution >= 4 is 0 Å². The summed E-state index contributed by atoms with van der Waals surface area (Å²) in [5.74, 6) is 0. The number of allylic oxidation sites excluding steroid dienone is 8. The van der Waals surface area contributed by atoms with Crippen LogP contribution in [0.2, 0.25) is 8.62 Å². The summed E-state index contributed by atoms with van der Waals surface area (Å²) in [5.41, 5.74) is 0. The molecule has 0 radical (unpaired) electrons. The Bertz CT molecular complexity index is 376. The van der Waals surface area contributed by atoms with Crippen LogP contribution in [-0.2, 0) is 16.6 Å². The van der Waals surface area contributed by atoms with Gasteiger partial charge in [-0.2, -0.15) is 0 Å². The molecule has 0 fully saturated rings. The van der Waals surface area contributed by atoms with Gasteiger partial charge >= 0.3 is 135 Å². The van der Waals surface area contributed by atoms with Crippen molar-refractivity contribution in [3.8, 4) is 0 Å². The molecule has 21 heavy (non-hydrogen) atoms. The third kappa shape index (κ3) is 2.91. The van der Waals surface area contributed by atoms with Crippen LogP contribution < -0.4 is 0 Å². The quantitative estimate of drug-likeness (QED) is 0.530. The second kappa shape index (κ2) is 7.72. The summed E-state index contributed by atoms with van der Waals surface area (Å²) in [7, 11) is 0. The summed E-state index contributed by atoms with van der Waals surface area (Å²) in [6, 6.07) is 0. The summed E-state index contributed by atoms with van der Waals surface area (Å²) >= 11 is -2.81. The molecule has 3 heteroatoms. The zero-order valence-corrected chi connectivity index (χ0v) is 16.8. The van der Waals surface area contributed by atoms with Gasteiger partial charge in [0.25, 0.3) is 0 Å². The summed E-state index contributed by atoms with van der Waals surface area (Å²) in [6.07, 6.45) is 18.9. The fourth-order valence-corrected chi connectivity index (χ4v) is 21.6. The van der Waals surface area contributed by atoms with Gasteiger partial charge in [0, 0.05) is 0 Å². The Labute approximate surface area is 134 Å². The zero-order chi connectivity index (χ0) is 15.3. The first kappa shape index (κ1) is 16.9. The van der Waals surface area contributed by atoms with E-state index in [4.69, 9.17) is 0 Å². The van der Waals surface area contributed by atoms with E-state index in [0.717, 1.165) is 0 Å². The molecule has 0 bridgehead atoms. The van der Waals surface area contributed by atoms with E-state index in [9.17, 15) is 0 Å². The van der Waals surface area contributed by atoms with Gasteiger partial charge in [0.1, 0.15) is 0 Å². The molecule has 0 saturated heterocycles. The second-order valence-electron chi connectivity index (χ2n) is 5.34. The SMILES string of the molecule is CC[N](CC)[W]([CH]1C=CC=C1)([CH]1C=CC=C1)[N](CC)CC. The van der Waals surface area contributed by atoms with E-state index in [0.29, 0.717) is 8.62 Å². The van der Waals surface area contributed by atoms with Crippen LogP contribution in [0.15, 0.2) is 48.6 Å². The molecule has 0 saturated carbocycles. The molecule has 118 valence electrons. The fraction of sp³-hybridized carbons (Fsp3) is 0.556. The molecule has 0 heterocycles. The number of hydrogen-bond acceptors (Lipinski definition) is 2. The van der Waals surface area contributed by atoms with Gasteiger partial charge in [-0.25, -0.2) is 0 Å². The zero-order valence-electron chi connectivity index (χ0n) is 13.9. The topological polar surface area (TPSA) is 6.48 Å². The van der Waals surface area contributed by atoms with Crippen molar-refractivity contribution in [1.82, 2.24) is 6.92 Å². The Morgan fingerprint density at radius 1 is 0.619 bits per heavy atom. The molecular formula is C18H30N2W. The molecule has 0 aromatic carbocycles. The van der Waals surface area contributed by atoms with Gasteiger partial charge in [0.15, 0.2) is 0 Å².